The maximum Gasteiger partial charge on any atom is 0.242 e. The molecule has 2 atom stereocenters. The summed E-state index contributed by atoms with van der Waals surface area (Å²) in [5.74, 6) is 0.645. The van der Waals surface area contributed by atoms with Gasteiger partial charge in [-0.25, -0.2) is 0 Å². The minimum atomic E-state index is -0.212. The zero-order valence-corrected chi connectivity index (χ0v) is 13.6. The number of carbonyl (C=O) groups is 2. The third-order valence-corrected chi connectivity index (χ3v) is 4.15. The fourth-order valence-corrected chi connectivity index (χ4v) is 2.85. The number of piperidine rings is 1. The predicted octanol–water partition coefficient (Wildman–Crippen LogP) is 0.160. The van der Waals surface area contributed by atoms with Gasteiger partial charge in [-0.1, -0.05) is 0 Å². The van der Waals surface area contributed by atoms with Gasteiger partial charge in [0.1, 0.15) is 6.04 Å². The molecule has 21 heavy (non-hydrogen) atoms. The highest BCUT2D eigenvalue weighted by Crippen LogP contribution is 2.18. The molecule has 7 heteroatoms. The highest BCUT2D eigenvalue weighted by atomic mass is 35.5. The molecule has 0 aromatic rings. The summed E-state index contributed by atoms with van der Waals surface area (Å²) < 4.78 is 5.53. The van der Waals surface area contributed by atoms with E-state index in [1.165, 1.54) is 6.92 Å². The van der Waals surface area contributed by atoms with Crippen molar-refractivity contribution in [1.29, 1.82) is 0 Å². The van der Waals surface area contributed by atoms with Crippen LogP contribution in [0.5, 0.6) is 0 Å². The van der Waals surface area contributed by atoms with Gasteiger partial charge < -0.3 is 20.3 Å². The number of ether oxygens (including phenoxy) is 1. The summed E-state index contributed by atoms with van der Waals surface area (Å²) in [6.45, 7) is 7.15. The van der Waals surface area contributed by atoms with Crippen molar-refractivity contribution in [3.8, 4) is 0 Å². The Bertz CT molecular complexity index is 359. The molecule has 2 heterocycles. The van der Waals surface area contributed by atoms with E-state index < -0.39 is 0 Å². The SMILES string of the molecule is CC(=O)NCC1CCN(C(=O)[C@H]2NCCO[C@@H]2C)CC1.Cl. The van der Waals surface area contributed by atoms with Crippen molar-refractivity contribution in [3.63, 3.8) is 0 Å². The van der Waals surface area contributed by atoms with E-state index in [1.807, 2.05) is 11.8 Å². The Kier molecular flexibility index (Phi) is 7.42. The zero-order valence-electron chi connectivity index (χ0n) is 12.8. The fourth-order valence-electron chi connectivity index (χ4n) is 2.85. The Morgan fingerprint density at radius 3 is 2.57 bits per heavy atom. The predicted molar refractivity (Wildman–Crippen MR) is 82.4 cm³/mol. The minimum absolute atomic E-state index is 0. The van der Waals surface area contributed by atoms with Gasteiger partial charge in [0.05, 0.1) is 12.7 Å². The summed E-state index contributed by atoms with van der Waals surface area (Å²) in [5, 5.41) is 6.10. The molecule has 0 saturated carbocycles. The molecular formula is C14H26ClN3O3. The molecule has 0 aliphatic carbocycles. The summed E-state index contributed by atoms with van der Waals surface area (Å²) in [4.78, 5) is 25.3. The van der Waals surface area contributed by atoms with Gasteiger partial charge in [0, 0.05) is 33.1 Å². The second-order valence-corrected chi connectivity index (χ2v) is 5.71. The van der Waals surface area contributed by atoms with E-state index in [1.54, 1.807) is 0 Å². The highest BCUT2D eigenvalue weighted by Gasteiger charge is 2.33. The van der Waals surface area contributed by atoms with Gasteiger partial charge in [0.2, 0.25) is 11.8 Å². The number of likely N-dealkylation sites (tertiary alicyclic amines) is 1. The van der Waals surface area contributed by atoms with Crippen molar-refractivity contribution in [2.45, 2.75) is 38.8 Å². The number of carbonyl (C=O) groups excluding carboxylic acids is 2. The first-order valence-electron chi connectivity index (χ1n) is 7.46. The van der Waals surface area contributed by atoms with Crippen LogP contribution in [0.15, 0.2) is 0 Å². The second kappa shape index (κ2) is 8.56. The summed E-state index contributed by atoms with van der Waals surface area (Å²) in [5.41, 5.74) is 0. The molecule has 2 fully saturated rings. The van der Waals surface area contributed by atoms with E-state index in [-0.39, 0.29) is 36.4 Å². The molecule has 2 aliphatic rings. The highest BCUT2D eigenvalue weighted by molar-refractivity contribution is 5.85. The number of amides is 2. The first-order valence-corrected chi connectivity index (χ1v) is 7.46. The summed E-state index contributed by atoms with van der Waals surface area (Å²) >= 11 is 0. The molecule has 122 valence electrons. The van der Waals surface area contributed by atoms with Crippen molar-refractivity contribution < 1.29 is 14.3 Å². The maximum atomic E-state index is 12.5. The van der Waals surface area contributed by atoms with Crippen LogP contribution in [0.25, 0.3) is 0 Å². The van der Waals surface area contributed by atoms with Crippen LogP contribution in [-0.4, -0.2) is 61.6 Å². The van der Waals surface area contributed by atoms with Crippen molar-refractivity contribution >= 4 is 24.2 Å². The largest absolute Gasteiger partial charge is 0.375 e. The van der Waals surface area contributed by atoms with Crippen LogP contribution in [0.1, 0.15) is 26.7 Å². The van der Waals surface area contributed by atoms with E-state index in [0.29, 0.717) is 12.5 Å². The van der Waals surface area contributed by atoms with Gasteiger partial charge in [-0.05, 0) is 25.7 Å². The van der Waals surface area contributed by atoms with Gasteiger partial charge in [0.15, 0.2) is 0 Å². The average Bonchev–Trinajstić information content (AvgIpc) is 2.45. The van der Waals surface area contributed by atoms with Crippen LogP contribution in [0.2, 0.25) is 0 Å². The lowest BCUT2D eigenvalue weighted by Crippen LogP contribution is -2.57. The third kappa shape index (κ3) is 5.13. The van der Waals surface area contributed by atoms with Gasteiger partial charge in [-0.2, -0.15) is 0 Å². The van der Waals surface area contributed by atoms with E-state index in [4.69, 9.17) is 4.74 Å². The van der Waals surface area contributed by atoms with E-state index >= 15 is 0 Å². The molecule has 0 spiro atoms. The minimum Gasteiger partial charge on any atom is -0.375 e. The molecule has 0 aromatic carbocycles. The monoisotopic (exact) mass is 319 g/mol. The number of nitrogens with zero attached hydrogens (tertiary/aromatic N) is 1. The van der Waals surface area contributed by atoms with Crippen molar-refractivity contribution in [3.05, 3.63) is 0 Å². The van der Waals surface area contributed by atoms with E-state index in [2.05, 4.69) is 10.6 Å². The lowest BCUT2D eigenvalue weighted by Gasteiger charge is -2.37. The van der Waals surface area contributed by atoms with Crippen molar-refractivity contribution in [2.75, 3.05) is 32.8 Å². The average molecular weight is 320 g/mol. The normalized spacial score (nSPS) is 26.9. The van der Waals surface area contributed by atoms with E-state index in [0.717, 1.165) is 39.0 Å². The third-order valence-electron chi connectivity index (χ3n) is 4.15. The summed E-state index contributed by atoms with van der Waals surface area (Å²) in [6.07, 6.45) is 1.84. The van der Waals surface area contributed by atoms with Gasteiger partial charge in [-0.15, -0.1) is 12.4 Å². The van der Waals surface area contributed by atoms with Crippen LogP contribution in [0, 0.1) is 5.92 Å². The molecule has 2 saturated heterocycles. The number of morpholine rings is 1. The Morgan fingerprint density at radius 2 is 2.00 bits per heavy atom. The van der Waals surface area contributed by atoms with Crippen LogP contribution in [-0.2, 0) is 14.3 Å². The molecule has 2 N–H and O–H groups in total. The van der Waals surface area contributed by atoms with Crippen molar-refractivity contribution in [2.24, 2.45) is 5.92 Å². The van der Waals surface area contributed by atoms with Gasteiger partial charge in [0.25, 0.3) is 0 Å². The van der Waals surface area contributed by atoms with Crippen LogP contribution in [0.3, 0.4) is 0 Å². The second-order valence-electron chi connectivity index (χ2n) is 5.71. The smallest absolute Gasteiger partial charge is 0.242 e. The first-order chi connectivity index (χ1) is 9.58. The Labute approximate surface area is 132 Å². The zero-order chi connectivity index (χ0) is 14.5. The molecule has 6 nitrogen and oxygen atoms in total. The lowest BCUT2D eigenvalue weighted by molar-refractivity contribution is -0.141. The molecule has 0 aromatic heterocycles. The van der Waals surface area contributed by atoms with Gasteiger partial charge in [-0.3, -0.25) is 9.59 Å². The van der Waals surface area contributed by atoms with Crippen LogP contribution in [0.4, 0.5) is 0 Å². The van der Waals surface area contributed by atoms with Crippen LogP contribution < -0.4 is 10.6 Å². The molecule has 2 rings (SSSR count). The first kappa shape index (κ1) is 18.2. The standard InChI is InChI=1S/C14H25N3O3.ClH/c1-10-13(15-5-8-20-10)14(19)17-6-3-12(4-7-17)9-16-11(2)18;/h10,12-13,15H,3-9H2,1-2H3,(H,16,18);1H/t10-,13+;/m1./s1. The molecule has 2 amide bonds. The number of halogens is 1. The Hall–Kier alpha value is -0.850. The molecule has 2 aliphatic heterocycles. The number of rotatable bonds is 3. The Balaban J connectivity index is 0.00000220. The van der Waals surface area contributed by atoms with Gasteiger partial charge >= 0.3 is 0 Å². The summed E-state index contributed by atoms with van der Waals surface area (Å²) in [6, 6.07) is -0.212. The quantitative estimate of drug-likeness (QED) is 0.777. The Morgan fingerprint density at radius 1 is 1.33 bits per heavy atom. The molecular weight excluding hydrogens is 294 g/mol. The topological polar surface area (TPSA) is 70.7 Å². The maximum absolute atomic E-state index is 12.5. The number of nitrogens with one attached hydrogen (secondary N) is 2. The molecule has 0 unspecified atom stereocenters. The molecule has 0 radical (unpaired) electrons. The fraction of sp³-hybridized carbons (Fsp3) is 0.857. The lowest BCUT2D eigenvalue weighted by atomic mass is 9.96. The van der Waals surface area contributed by atoms with Crippen LogP contribution >= 0.6 is 12.4 Å². The number of hydrogen-bond acceptors (Lipinski definition) is 4. The number of hydrogen-bond donors (Lipinski definition) is 2. The van der Waals surface area contributed by atoms with E-state index in [9.17, 15) is 9.59 Å². The summed E-state index contributed by atoms with van der Waals surface area (Å²) in [7, 11) is 0. The van der Waals surface area contributed by atoms with Crippen molar-refractivity contribution in [1.82, 2.24) is 15.5 Å². The molecule has 0 bridgehead atoms.